The third-order valence-electron chi connectivity index (χ3n) is 6.23. The largest absolute Gasteiger partial charge is 0.397 e. The average molecular weight is 432 g/mol. The van der Waals surface area contributed by atoms with Gasteiger partial charge in [0.05, 0.1) is 41.4 Å². The number of halogens is 1. The molecule has 4 heterocycles. The number of pyridine rings is 2. The molecular formula is C25H26FN5O. The number of nitrogen functional groups attached to an aromatic ring is 1. The predicted octanol–water partition coefficient (Wildman–Crippen LogP) is 3.55. The molecule has 164 valence electrons. The van der Waals surface area contributed by atoms with Crippen LogP contribution in [0.5, 0.6) is 0 Å². The van der Waals surface area contributed by atoms with E-state index in [9.17, 15) is 9.18 Å². The standard InChI is InChI=1S/C25H26FN5O/c26-19-6-3-17(4-7-19)22-10-9-21(27)23(29-22)13-25(32)31-14-18-5-8-20(28-24(18)16-31)15-30-11-1-2-12-30/h3-10H,1-2,11-16,27H2. The molecule has 32 heavy (non-hydrogen) atoms. The molecule has 2 aromatic heterocycles. The highest BCUT2D eigenvalue weighted by Gasteiger charge is 2.26. The van der Waals surface area contributed by atoms with E-state index in [4.69, 9.17) is 10.7 Å². The van der Waals surface area contributed by atoms with Crippen molar-refractivity contribution in [3.8, 4) is 11.3 Å². The van der Waals surface area contributed by atoms with Crippen LogP contribution in [0.15, 0.2) is 48.5 Å². The van der Waals surface area contributed by atoms with E-state index < -0.39 is 0 Å². The van der Waals surface area contributed by atoms with Crippen molar-refractivity contribution in [1.82, 2.24) is 19.8 Å². The quantitative estimate of drug-likeness (QED) is 0.669. The number of rotatable bonds is 5. The molecule has 1 fully saturated rings. The van der Waals surface area contributed by atoms with Crippen LogP contribution in [0.2, 0.25) is 0 Å². The number of aromatic nitrogens is 2. The Hall–Kier alpha value is -3.32. The number of amides is 1. The first kappa shape index (κ1) is 20.6. The molecule has 0 spiro atoms. The second-order valence-electron chi connectivity index (χ2n) is 8.56. The van der Waals surface area contributed by atoms with E-state index in [2.05, 4.69) is 22.0 Å². The van der Waals surface area contributed by atoms with Gasteiger partial charge in [-0.25, -0.2) is 4.39 Å². The summed E-state index contributed by atoms with van der Waals surface area (Å²) in [6.45, 7) is 4.21. The number of carbonyl (C=O) groups excluding carboxylic acids is 1. The molecule has 0 aliphatic carbocycles. The number of carbonyl (C=O) groups is 1. The summed E-state index contributed by atoms with van der Waals surface area (Å²) in [6.07, 6.45) is 2.63. The van der Waals surface area contributed by atoms with E-state index in [0.29, 0.717) is 30.2 Å². The lowest BCUT2D eigenvalue weighted by atomic mass is 10.1. The van der Waals surface area contributed by atoms with E-state index in [1.807, 2.05) is 4.90 Å². The Labute approximate surface area is 186 Å². The van der Waals surface area contributed by atoms with Gasteiger partial charge in [0, 0.05) is 18.7 Å². The summed E-state index contributed by atoms with van der Waals surface area (Å²) in [4.78, 5) is 26.7. The van der Waals surface area contributed by atoms with Crippen molar-refractivity contribution in [1.29, 1.82) is 0 Å². The molecule has 0 unspecified atom stereocenters. The Kier molecular flexibility index (Phi) is 5.57. The summed E-state index contributed by atoms with van der Waals surface area (Å²) in [5, 5.41) is 0. The first-order chi connectivity index (χ1) is 15.5. The Morgan fingerprint density at radius 3 is 2.53 bits per heavy atom. The minimum atomic E-state index is -0.301. The zero-order valence-corrected chi connectivity index (χ0v) is 17.9. The number of likely N-dealkylation sites (tertiary alicyclic amines) is 1. The first-order valence-corrected chi connectivity index (χ1v) is 11.0. The maximum atomic E-state index is 13.2. The highest BCUT2D eigenvalue weighted by molar-refractivity contribution is 5.80. The van der Waals surface area contributed by atoms with Gasteiger partial charge in [-0.05, 0) is 74.0 Å². The number of hydrogen-bond acceptors (Lipinski definition) is 5. The maximum absolute atomic E-state index is 13.2. The monoisotopic (exact) mass is 431 g/mol. The van der Waals surface area contributed by atoms with Crippen LogP contribution in [-0.2, 0) is 30.8 Å². The molecule has 2 aliphatic heterocycles. The fraction of sp³-hybridized carbons (Fsp3) is 0.320. The van der Waals surface area contributed by atoms with Crippen LogP contribution in [0, 0.1) is 5.82 Å². The van der Waals surface area contributed by atoms with Crippen molar-refractivity contribution in [3.05, 3.63) is 77.0 Å². The van der Waals surface area contributed by atoms with Crippen molar-refractivity contribution in [2.45, 2.75) is 38.9 Å². The van der Waals surface area contributed by atoms with Crippen LogP contribution in [0.3, 0.4) is 0 Å². The Morgan fingerprint density at radius 1 is 0.969 bits per heavy atom. The van der Waals surface area contributed by atoms with Crippen LogP contribution >= 0.6 is 0 Å². The molecule has 0 radical (unpaired) electrons. The summed E-state index contributed by atoms with van der Waals surface area (Å²) in [5.41, 5.74) is 11.7. The smallest absolute Gasteiger partial charge is 0.229 e. The summed E-state index contributed by atoms with van der Waals surface area (Å²) >= 11 is 0. The molecule has 1 aromatic carbocycles. The van der Waals surface area contributed by atoms with Crippen molar-refractivity contribution in [2.24, 2.45) is 0 Å². The topological polar surface area (TPSA) is 75.3 Å². The van der Waals surface area contributed by atoms with E-state index in [-0.39, 0.29) is 18.1 Å². The van der Waals surface area contributed by atoms with Gasteiger partial charge in [-0.1, -0.05) is 6.07 Å². The van der Waals surface area contributed by atoms with Gasteiger partial charge < -0.3 is 10.6 Å². The SMILES string of the molecule is Nc1ccc(-c2ccc(F)cc2)nc1CC(=O)N1Cc2ccc(CN3CCCC3)nc2C1. The van der Waals surface area contributed by atoms with Gasteiger partial charge in [0.1, 0.15) is 5.82 Å². The number of nitrogens with zero attached hydrogens (tertiary/aromatic N) is 4. The number of anilines is 1. The minimum absolute atomic E-state index is 0.0282. The molecule has 2 N–H and O–H groups in total. The van der Waals surface area contributed by atoms with Crippen LogP contribution in [0.4, 0.5) is 10.1 Å². The third kappa shape index (κ3) is 4.34. The van der Waals surface area contributed by atoms with Gasteiger partial charge in [0.25, 0.3) is 0 Å². The van der Waals surface area contributed by atoms with Gasteiger partial charge in [0.15, 0.2) is 0 Å². The molecule has 0 bridgehead atoms. The highest BCUT2D eigenvalue weighted by atomic mass is 19.1. The molecule has 3 aromatic rings. The Bertz CT molecular complexity index is 1140. The zero-order chi connectivity index (χ0) is 22.1. The summed E-state index contributed by atoms with van der Waals surface area (Å²) in [5.74, 6) is -0.329. The fourth-order valence-electron chi connectivity index (χ4n) is 4.42. The predicted molar refractivity (Wildman–Crippen MR) is 121 cm³/mol. The average Bonchev–Trinajstić information content (AvgIpc) is 3.45. The summed E-state index contributed by atoms with van der Waals surface area (Å²) < 4.78 is 13.2. The van der Waals surface area contributed by atoms with Crippen molar-refractivity contribution in [2.75, 3.05) is 18.8 Å². The molecule has 5 rings (SSSR count). The molecule has 1 saturated heterocycles. The van der Waals surface area contributed by atoms with Crippen molar-refractivity contribution >= 4 is 11.6 Å². The van der Waals surface area contributed by atoms with Gasteiger partial charge in [-0.3, -0.25) is 19.7 Å². The molecule has 6 nitrogen and oxygen atoms in total. The van der Waals surface area contributed by atoms with E-state index in [1.54, 1.807) is 24.3 Å². The molecule has 2 aliphatic rings. The number of fused-ring (bicyclic) bond motifs is 1. The Morgan fingerprint density at radius 2 is 1.75 bits per heavy atom. The zero-order valence-electron chi connectivity index (χ0n) is 17.9. The first-order valence-electron chi connectivity index (χ1n) is 11.0. The van der Waals surface area contributed by atoms with Crippen LogP contribution < -0.4 is 5.73 Å². The molecule has 0 atom stereocenters. The highest BCUT2D eigenvalue weighted by Crippen LogP contribution is 2.25. The van der Waals surface area contributed by atoms with Crippen LogP contribution in [0.25, 0.3) is 11.3 Å². The van der Waals surface area contributed by atoms with Crippen LogP contribution in [-0.4, -0.2) is 38.8 Å². The lowest BCUT2D eigenvalue weighted by Gasteiger charge is -2.16. The Balaban J connectivity index is 1.27. The molecule has 7 heteroatoms. The van der Waals surface area contributed by atoms with E-state index in [1.165, 1.54) is 25.0 Å². The number of nitrogens with two attached hydrogens (primary N) is 1. The normalized spacial score (nSPS) is 15.8. The molecule has 0 saturated carbocycles. The van der Waals surface area contributed by atoms with Crippen LogP contribution in [0.1, 0.15) is 35.5 Å². The maximum Gasteiger partial charge on any atom is 0.229 e. The van der Waals surface area contributed by atoms with Gasteiger partial charge in [-0.2, -0.15) is 0 Å². The lowest BCUT2D eigenvalue weighted by molar-refractivity contribution is -0.131. The second-order valence-corrected chi connectivity index (χ2v) is 8.56. The van der Waals surface area contributed by atoms with Crippen molar-refractivity contribution < 1.29 is 9.18 Å². The van der Waals surface area contributed by atoms with Gasteiger partial charge >= 0.3 is 0 Å². The van der Waals surface area contributed by atoms with E-state index in [0.717, 1.165) is 42.1 Å². The van der Waals surface area contributed by atoms with Gasteiger partial charge in [0.2, 0.25) is 5.91 Å². The molecular weight excluding hydrogens is 405 g/mol. The minimum Gasteiger partial charge on any atom is -0.397 e. The second kappa shape index (κ2) is 8.67. The number of hydrogen-bond donors (Lipinski definition) is 1. The van der Waals surface area contributed by atoms with Crippen molar-refractivity contribution in [3.63, 3.8) is 0 Å². The lowest BCUT2D eigenvalue weighted by Crippen LogP contribution is -2.27. The summed E-state index contributed by atoms with van der Waals surface area (Å²) in [7, 11) is 0. The summed E-state index contributed by atoms with van der Waals surface area (Å²) in [6, 6.07) is 13.8. The third-order valence-corrected chi connectivity index (χ3v) is 6.23. The number of benzene rings is 1. The molecule has 1 amide bonds. The van der Waals surface area contributed by atoms with Gasteiger partial charge in [-0.15, -0.1) is 0 Å². The van der Waals surface area contributed by atoms with E-state index >= 15 is 0 Å². The fourth-order valence-corrected chi connectivity index (χ4v) is 4.42.